The number of nitrogens with one attached hydrogen (secondary N) is 1. The zero-order valence-corrected chi connectivity index (χ0v) is 11.6. The molecule has 2 aromatic rings. The monoisotopic (exact) mass is 304 g/mol. The number of hydrogen-bond donors (Lipinski definition) is 1. The number of anilines is 1. The SMILES string of the molecule is COc1ncccc1CNc1ccc([N+](=O)[O-])cc1[N+](=O)[O-]. The van der Waals surface area contributed by atoms with Crippen LogP contribution in [-0.2, 0) is 6.54 Å². The van der Waals surface area contributed by atoms with Gasteiger partial charge in [0.2, 0.25) is 5.88 Å². The second kappa shape index (κ2) is 6.48. The van der Waals surface area contributed by atoms with Crippen LogP contribution in [0.2, 0.25) is 0 Å². The number of methoxy groups -OCH3 is 1. The number of hydrogen-bond acceptors (Lipinski definition) is 7. The molecule has 1 N–H and O–H groups in total. The van der Waals surface area contributed by atoms with Crippen LogP contribution in [-0.4, -0.2) is 21.9 Å². The molecule has 1 aromatic carbocycles. The third-order valence-electron chi connectivity index (χ3n) is 2.90. The third kappa shape index (κ3) is 3.26. The van der Waals surface area contributed by atoms with Gasteiger partial charge in [-0.1, -0.05) is 6.07 Å². The average molecular weight is 304 g/mol. The Bertz CT molecular complexity index is 719. The van der Waals surface area contributed by atoms with Crippen LogP contribution in [0, 0.1) is 20.2 Å². The molecule has 114 valence electrons. The molecule has 0 amide bonds. The van der Waals surface area contributed by atoms with E-state index in [1.165, 1.54) is 19.2 Å². The molecule has 0 fully saturated rings. The minimum atomic E-state index is -0.680. The molecule has 22 heavy (non-hydrogen) atoms. The lowest BCUT2D eigenvalue weighted by molar-refractivity contribution is -0.393. The van der Waals surface area contributed by atoms with Crippen molar-refractivity contribution in [2.75, 3.05) is 12.4 Å². The Morgan fingerprint density at radius 1 is 1.23 bits per heavy atom. The maximum absolute atomic E-state index is 11.0. The summed E-state index contributed by atoms with van der Waals surface area (Å²) in [5.74, 6) is 0.402. The molecule has 0 spiro atoms. The molecule has 1 aromatic heterocycles. The number of non-ortho nitro benzene ring substituents is 1. The number of nitro benzene ring substituents is 2. The van der Waals surface area contributed by atoms with E-state index in [4.69, 9.17) is 4.74 Å². The zero-order valence-electron chi connectivity index (χ0n) is 11.6. The second-order valence-corrected chi connectivity index (χ2v) is 4.24. The number of rotatable bonds is 6. The molecule has 0 atom stereocenters. The smallest absolute Gasteiger partial charge is 0.299 e. The van der Waals surface area contributed by atoms with Crippen molar-refractivity contribution < 1.29 is 14.6 Å². The molecule has 1 heterocycles. The minimum Gasteiger partial charge on any atom is -0.481 e. The fourth-order valence-electron chi connectivity index (χ4n) is 1.87. The molecular formula is C13H12N4O5. The van der Waals surface area contributed by atoms with Crippen LogP contribution in [0.25, 0.3) is 0 Å². The van der Waals surface area contributed by atoms with Crippen molar-refractivity contribution in [2.45, 2.75) is 6.54 Å². The van der Waals surface area contributed by atoms with Crippen LogP contribution in [0.5, 0.6) is 5.88 Å². The molecule has 9 nitrogen and oxygen atoms in total. The third-order valence-corrected chi connectivity index (χ3v) is 2.90. The standard InChI is InChI=1S/C13H12N4O5/c1-22-13-9(3-2-6-14-13)8-15-11-5-4-10(16(18)19)7-12(11)17(20)21/h2-7,15H,8H2,1H3. The highest BCUT2D eigenvalue weighted by Gasteiger charge is 2.19. The van der Waals surface area contributed by atoms with E-state index in [2.05, 4.69) is 10.3 Å². The zero-order chi connectivity index (χ0) is 16.1. The quantitative estimate of drug-likeness (QED) is 0.642. The van der Waals surface area contributed by atoms with E-state index < -0.39 is 9.85 Å². The van der Waals surface area contributed by atoms with E-state index in [1.807, 2.05) is 0 Å². The van der Waals surface area contributed by atoms with Crippen molar-refractivity contribution in [3.05, 3.63) is 62.3 Å². The Labute approximate surface area is 124 Å². The van der Waals surface area contributed by atoms with E-state index in [0.717, 1.165) is 6.07 Å². The van der Waals surface area contributed by atoms with Crippen molar-refractivity contribution in [1.82, 2.24) is 4.98 Å². The van der Waals surface area contributed by atoms with E-state index in [-0.39, 0.29) is 23.6 Å². The Hall–Kier alpha value is -3.23. The van der Waals surface area contributed by atoms with Gasteiger partial charge in [0.25, 0.3) is 11.4 Å². The number of ether oxygens (including phenoxy) is 1. The molecule has 0 saturated carbocycles. The van der Waals surface area contributed by atoms with Gasteiger partial charge in [-0.05, 0) is 12.1 Å². The molecule has 0 saturated heterocycles. The molecule has 0 radical (unpaired) electrons. The van der Waals surface area contributed by atoms with Crippen LogP contribution in [0.4, 0.5) is 17.1 Å². The Morgan fingerprint density at radius 2 is 2.00 bits per heavy atom. The van der Waals surface area contributed by atoms with Gasteiger partial charge in [-0.3, -0.25) is 20.2 Å². The van der Waals surface area contributed by atoms with Crippen LogP contribution in [0.1, 0.15) is 5.56 Å². The van der Waals surface area contributed by atoms with E-state index in [9.17, 15) is 20.2 Å². The average Bonchev–Trinajstić information content (AvgIpc) is 2.52. The van der Waals surface area contributed by atoms with Gasteiger partial charge in [0.05, 0.1) is 23.0 Å². The number of nitro groups is 2. The molecule has 2 rings (SSSR count). The summed E-state index contributed by atoms with van der Waals surface area (Å²) >= 11 is 0. The van der Waals surface area contributed by atoms with Crippen LogP contribution < -0.4 is 10.1 Å². The van der Waals surface area contributed by atoms with Crippen LogP contribution in [0.3, 0.4) is 0 Å². The van der Waals surface area contributed by atoms with Gasteiger partial charge in [0.15, 0.2) is 0 Å². The van der Waals surface area contributed by atoms with Crippen molar-refractivity contribution in [1.29, 1.82) is 0 Å². The first-order valence-electron chi connectivity index (χ1n) is 6.17. The summed E-state index contributed by atoms with van der Waals surface area (Å²) in [5, 5.41) is 24.6. The molecule has 0 aliphatic heterocycles. The van der Waals surface area contributed by atoms with Gasteiger partial charge in [-0.15, -0.1) is 0 Å². The molecular weight excluding hydrogens is 292 g/mol. The number of nitrogens with zero attached hydrogens (tertiary/aromatic N) is 3. The molecule has 0 unspecified atom stereocenters. The topological polar surface area (TPSA) is 120 Å². The van der Waals surface area contributed by atoms with Gasteiger partial charge >= 0.3 is 0 Å². The number of benzene rings is 1. The molecule has 0 aliphatic rings. The molecule has 9 heteroatoms. The lowest BCUT2D eigenvalue weighted by Crippen LogP contribution is -2.05. The van der Waals surface area contributed by atoms with Crippen LogP contribution in [0.15, 0.2) is 36.5 Å². The fourth-order valence-corrected chi connectivity index (χ4v) is 1.87. The summed E-state index contributed by atoms with van der Waals surface area (Å²) < 4.78 is 5.09. The summed E-state index contributed by atoms with van der Waals surface area (Å²) in [6, 6.07) is 6.90. The predicted molar refractivity (Wildman–Crippen MR) is 77.9 cm³/mol. The van der Waals surface area contributed by atoms with Crippen molar-refractivity contribution >= 4 is 17.1 Å². The Balaban J connectivity index is 2.26. The summed E-state index contributed by atoms with van der Waals surface area (Å²) in [6.45, 7) is 0.232. The number of aromatic nitrogens is 1. The van der Waals surface area contributed by atoms with Gasteiger partial charge < -0.3 is 10.1 Å². The maximum atomic E-state index is 11.0. The van der Waals surface area contributed by atoms with Crippen LogP contribution >= 0.6 is 0 Å². The summed E-state index contributed by atoms with van der Waals surface area (Å²) in [4.78, 5) is 24.4. The van der Waals surface area contributed by atoms with Gasteiger partial charge in [0, 0.05) is 24.4 Å². The normalized spacial score (nSPS) is 10.0. The Kier molecular flexibility index (Phi) is 4.47. The Morgan fingerprint density at radius 3 is 2.64 bits per heavy atom. The first-order valence-corrected chi connectivity index (χ1v) is 6.17. The first-order chi connectivity index (χ1) is 10.5. The van der Waals surface area contributed by atoms with Crippen molar-refractivity contribution in [3.8, 4) is 5.88 Å². The van der Waals surface area contributed by atoms with E-state index >= 15 is 0 Å². The first kappa shape index (κ1) is 15.2. The van der Waals surface area contributed by atoms with E-state index in [1.54, 1.807) is 18.3 Å². The molecule has 0 aliphatic carbocycles. The highest BCUT2D eigenvalue weighted by Crippen LogP contribution is 2.29. The van der Waals surface area contributed by atoms with Crippen molar-refractivity contribution in [2.24, 2.45) is 0 Å². The summed E-state index contributed by atoms with van der Waals surface area (Å²) in [7, 11) is 1.47. The van der Waals surface area contributed by atoms with Gasteiger partial charge in [-0.25, -0.2) is 4.98 Å². The number of pyridine rings is 1. The lowest BCUT2D eigenvalue weighted by Gasteiger charge is -2.09. The van der Waals surface area contributed by atoms with Gasteiger partial charge in [-0.2, -0.15) is 0 Å². The fraction of sp³-hybridized carbons (Fsp3) is 0.154. The second-order valence-electron chi connectivity index (χ2n) is 4.24. The highest BCUT2D eigenvalue weighted by molar-refractivity contribution is 5.65. The van der Waals surface area contributed by atoms with E-state index in [0.29, 0.717) is 11.4 Å². The summed E-state index contributed by atoms with van der Waals surface area (Å²) in [5.41, 5.74) is 0.187. The predicted octanol–water partition coefficient (Wildman–Crippen LogP) is 2.52. The van der Waals surface area contributed by atoms with Crippen molar-refractivity contribution in [3.63, 3.8) is 0 Å². The minimum absolute atomic E-state index is 0.182. The highest BCUT2D eigenvalue weighted by atomic mass is 16.6. The lowest BCUT2D eigenvalue weighted by atomic mass is 10.2. The van der Waals surface area contributed by atoms with Gasteiger partial charge in [0.1, 0.15) is 5.69 Å². The molecule has 0 bridgehead atoms. The largest absolute Gasteiger partial charge is 0.481 e. The summed E-state index contributed by atoms with van der Waals surface area (Å²) in [6.07, 6.45) is 1.57. The maximum Gasteiger partial charge on any atom is 0.299 e.